The fraction of sp³-hybridized carbons (Fsp3) is 0.105. The third-order valence-electron chi connectivity index (χ3n) is 4.06. The van der Waals surface area contributed by atoms with Crippen LogP contribution in [0.2, 0.25) is 0 Å². The fourth-order valence-electron chi connectivity index (χ4n) is 2.81. The molecule has 0 aliphatic rings. The van der Waals surface area contributed by atoms with Crippen LogP contribution in [0.15, 0.2) is 60.9 Å². The third kappa shape index (κ3) is 3.10. The molecule has 0 fully saturated rings. The second kappa shape index (κ2) is 6.39. The largest absolute Gasteiger partial charge is 0.481 e. The maximum Gasteiger partial charge on any atom is 0.416 e. The number of nitrogens with zero attached hydrogens (tertiary/aromatic N) is 4. The maximum absolute atomic E-state index is 13.1. The first-order valence-electron chi connectivity index (χ1n) is 7.99. The Morgan fingerprint density at radius 3 is 2.48 bits per heavy atom. The molecular weight excluding hydrogens is 357 g/mol. The molecule has 3 aromatic heterocycles. The summed E-state index contributed by atoms with van der Waals surface area (Å²) < 4.78 is 46.0. The van der Waals surface area contributed by atoms with Gasteiger partial charge in [-0.15, -0.1) is 0 Å². The first-order chi connectivity index (χ1) is 13.0. The molecule has 4 rings (SSSR count). The average Bonchev–Trinajstić information content (AvgIpc) is 3.07. The Morgan fingerprint density at radius 1 is 1.00 bits per heavy atom. The molecule has 5 nitrogen and oxygen atoms in total. The van der Waals surface area contributed by atoms with Crippen molar-refractivity contribution in [3.63, 3.8) is 0 Å². The highest BCUT2D eigenvalue weighted by molar-refractivity contribution is 5.83. The van der Waals surface area contributed by atoms with Crippen molar-refractivity contribution in [2.24, 2.45) is 0 Å². The highest BCUT2D eigenvalue weighted by Crippen LogP contribution is 2.34. The van der Waals surface area contributed by atoms with E-state index in [0.717, 1.165) is 12.1 Å². The number of rotatable bonds is 3. The SMILES string of the molecule is COc1ccc(-n2c(-c3ccccn3)nc3cc(C(F)(F)F)ccc32)cn1. The van der Waals surface area contributed by atoms with Crippen LogP contribution in [0.4, 0.5) is 13.2 Å². The minimum atomic E-state index is -4.44. The molecule has 0 aliphatic heterocycles. The lowest BCUT2D eigenvalue weighted by atomic mass is 10.2. The van der Waals surface area contributed by atoms with Crippen molar-refractivity contribution < 1.29 is 17.9 Å². The minimum Gasteiger partial charge on any atom is -0.481 e. The summed E-state index contributed by atoms with van der Waals surface area (Å²) in [5.41, 5.74) is 1.17. The van der Waals surface area contributed by atoms with Gasteiger partial charge in [0, 0.05) is 12.3 Å². The standard InChI is InChI=1S/C19H13F3N4O/c1-27-17-8-6-13(11-24-17)26-16-7-5-12(19(20,21)22)10-15(16)25-18(26)14-4-2-3-9-23-14/h2-11H,1H3. The molecule has 3 heterocycles. The lowest BCUT2D eigenvalue weighted by molar-refractivity contribution is -0.137. The molecule has 0 N–H and O–H groups in total. The number of alkyl halides is 3. The number of imidazole rings is 1. The lowest BCUT2D eigenvalue weighted by Gasteiger charge is -2.10. The van der Waals surface area contributed by atoms with Crippen LogP contribution in [-0.4, -0.2) is 26.6 Å². The molecule has 4 aromatic rings. The maximum atomic E-state index is 13.1. The Kier molecular flexibility index (Phi) is 4.02. The summed E-state index contributed by atoms with van der Waals surface area (Å²) in [5, 5.41) is 0. The molecule has 0 radical (unpaired) electrons. The van der Waals surface area contributed by atoms with Gasteiger partial charge in [-0.25, -0.2) is 9.97 Å². The zero-order chi connectivity index (χ0) is 19.0. The van der Waals surface area contributed by atoms with Gasteiger partial charge in [0.2, 0.25) is 5.88 Å². The summed E-state index contributed by atoms with van der Waals surface area (Å²) in [6.45, 7) is 0. The number of ether oxygens (including phenoxy) is 1. The number of methoxy groups -OCH3 is 1. The Balaban J connectivity index is 1.98. The summed E-state index contributed by atoms with van der Waals surface area (Å²) in [6.07, 6.45) is -1.26. The van der Waals surface area contributed by atoms with Gasteiger partial charge in [-0.05, 0) is 36.4 Å². The predicted molar refractivity (Wildman–Crippen MR) is 93.7 cm³/mol. The van der Waals surface area contributed by atoms with Crippen molar-refractivity contribution in [3.05, 3.63) is 66.5 Å². The van der Waals surface area contributed by atoms with Gasteiger partial charge in [-0.2, -0.15) is 13.2 Å². The third-order valence-corrected chi connectivity index (χ3v) is 4.06. The van der Waals surface area contributed by atoms with Crippen LogP contribution >= 0.6 is 0 Å². The Morgan fingerprint density at radius 2 is 1.85 bits per heavy atom. The van der Waals surface area contributed by atoms with Crippen molar-refractivity contribution in [1.29, 1.82) is 0 Å². The van der Waals surface area contributed by atoms with Crippen molar-refractivity contribution in [1.82, 2.24) is 19.5 Å². The highest BCUT2D eigenvalue weighted by Gasteiger charge is 2.31. The number of fused-ring (bicyclic) bond motifs is 1. The Labute approximate surface area is 152 Å². The van der Waals surface area contributed by atoms with Crippen LogP contribution in [0.3, 0.4) is 0 Å². The lowest BCUT2D eigenvalue weighted by Crippen LogP contribution is -2.04. The topological polar surface area (TPSA) is 52.8 Å². The van der Waals surface area contributed by atoms with Crippen LogP contribution in [0.5, 0.6) is 5.88 Å². The number of pyridine rings is 2. The molecule has 0 aliphatic carbocycles. The van der Waals surface area contributed by atoms with Crippen molar-refractivity contribution in [2.45, 2.75) is 6.18 Å². The van der Waals surface area contributed by atoms with E-state index in [-0.39, 0.29) is 5.52 Å². The Bertz CT molecular complexity index is 1090. The van der Waals surface area contributed by atoms with Crippen LogP contribution in [0.25, 0.3) is 28.2 Å². The number of hydrogen-bond acceptors (Lipinski definition) is 4. The van der Waals surface area contributed by atoms with Crippen molar-refractivity contribution in [2.75, 3.05) is 7.11 Å². The van der Waals surface area contributed by atoms with Gasteiger partial charge in [-0.3, -0.25) is 9.55 Å². The molecule has 0 unspecified atom stereocenters. The van der Waals surface area contributed by atoms with Gasteiger partial charge in [0.05, 0.1) is 35.6 Å². The molecule has 0 atom stereocenters. The molecule has 0 spiro atoms. The van der Waals surface area contributed by atoms with E-state index in [1.54, 1.807) is 47.3 Å². The second-order valence-electron chi connectivity index (χ2n) is 5.75. The van der Waals surface area contributed by atoms with E-state index in [2.05, 4.69) is 15.0 Å². The summed E-state index contributed by atoms with van der Waals surface area (Å²) in [6, 6.07) is 12.2. The van der Waals surface area contributed by atoms with E-state index in [9.17, 15) is 13.2 Å². The molecular formula is C19H13F3N4O. The van der Waals surface area contributed by atoms with Gasteiger partial charge in [0.15, 0.2) is 5.82 Å². The zero-order valence-corrected chi connectivity index (χ0v) is 14.1. The molecule has 0 saturated carbocycles. The highest BCUT2D eigenvalue weighted by atomic mass is 19.4. The van der Waals surface area contributed by atoms with E-state index >= 15 is 0 Å². The van der Waals surface area contributed by atoms with Crippen LogP contribution in [-0.2, 0) is 6.18 Å². The average molecular weight is 370 g/mol. The van der Waals surface area contributed by atoms with Gasteiger partial charge in [0.1, 0.15) is 5.69 Å². The quantitative estimate of drug-likeness (QED) is 0.532. The molecule has 0 amide bonds. The van der Waals surface area contributed by atoms with E-state index in [0.29, 0.717) is 28.6 Å². The monoisotopic (exact) mass is 370 g/mol. The molecule has 27 heavy (non-hydrogen) atoms. The van der Waals surface area contributed by atoms with Crippen LogP contribution < -0.4 is 4.74 Å². The van der Waals surface area contributed by atoms with Gasteiger partial charge in [-0.1, -0.05) is 6.07 Å². The number of hydrogen-bond donors (Lipinski definition) is 0. The normalized spacial score (nSPS) is 11.7. The van der Waals surface area contributed by atoms with Gasteiger partial charge in [0.25, 0.3) is 0 Å². The Hall–Kier alpha value is -3.42. The summed E-state index contributed by atoms with van der Waals surface area (Å²) in [4.78, 5) is 12.9. The molecule has 0 bridgehead atoms. The summed E-state index contributed by atoms with van der Waals surface area (Å²) in [5.74, 6) is 0.860. The second-order valence-corrected chi connectivity index (χ2v) is 5.75. The van der Waals surface area contributed by atoms with E-state index < -0.39 is 11.7 Å². The van der Waals surface area contributed by atoms with Crippen molar-refractivity contribution in [3.8, 4) is 23.1 Å². The molecule has 0 saturated heterocycles. The first kappa shape index (κ1) is 17.0. The summed E-state index contributed by atoms with van der Waals surface area (Å²) in [7, 11) is 1.51. The number of halogens is 3. The van der Waals surface area contributed by atoms with E-state index in [4.69, 9.17) is 4.74 Å². The van der Waals surface area contributed by atoms with Gasteiger partial charge >= 0.3 is 6.18 Å². The molecule has 1 aromatic carbocycles. The molecule has 8 heteroatoms. The van der Waals surface area contributed by atoms with E-state index in [1.165, 1.54) is 13.2 Å². The fourth-order valence-corrected chi connectivity index (χ4v) is 2.81. The molecule has 136 valence electrons. The zero-order valence-electron chi connectivity index (χ0n) is 14.1. The van der Waals surface area contributed by atoms with Crippen molar-refractivity contribution >= 4 is 11.0 Å². The number of benzene rings is 1. The minimum absolute atomic E-state index is 0.223. The van der Waals surface area contributed by atoms with Gasteiger partial charge < -0.3 is 4.74 Å². The van der Waals surface area contributed by atoms with E-state index in [1.807, 2.05) is 0 Å². The number of aromatic nitrogens is 4. The smallest absolute Gasteiger partial charge is 0.416 e. The van der Waals surface area contributed by atoms with Crippen LogP contribution in [0, 0.1) is 0 Å². The predicted octanol–water partition coefficient (Wildman–Crippen LogP) is 4.51. The van der Waals surface area contributed by atoms with Crippen LogP contribution in [0.1, 0.15) is 5.56 Å². The first-order valence-corrected chi connectivity index (χ1v) is 7.99. The summed E-state index contributed by atoms with van der Waals surface area (Å²) >= 11 is 0.